The van der Waals surface area contributed by atoms with E-state index in [1.54, 1.807) is 6.08 Å². The van der Waals surface area contributed by atoms with Gasteiger partial charge in [-0.05, 0) is 18.6 Å². The topological polar surface area (TPSA) is 25.8 Å². The zero-order chi connectivity index (χ0) is 12.7. The van der Waals surface area contributed by atoms with Crippen molar-refractivity contribution in [2.24, 2.45) is 0 Å². The van der Waals surface area contributed by atoms with Gasteiger partial charge in [0.2, 0.25) is 0 Å². The summed E-state index contributed by atoms with van der Waals surface area (Å²) in [5.74, 6) is 0.535. The average Bonchev–Trinajstić information content (AvgIpc) is 2.28. The molecule has 0 spiro atoms. The van der Waals surface area contributed by atoms with E-state index in [0.29, 0.717) is 22.4 Å². The SMILES string of the molecule is C=CCOc1c(Cl)cc(C[NH2+]CCC)cc1Cl. The molecule has 0 aromatic heterocycles. The molecule has 0 saturated heterocycles. The first-order valence-electron chi connectivity index (χ1n) is 5.72. The minimum atomic E-state index is 0.404. The monoisotopic (exact) mass is 274 g/mol. The first-order valence-corrected chi connectivity index (χ1v) is 6.48. The fraction of sp³-hybridized carbons (Fsp3) is 0.385. The van der Waals surface area contributed by atoms with Crippen LogP contribution in [0, 0.1) is 0 Å². The van der Waals surface area contributed by atoms with E-state index in [-0.39, 0.29) is 0 Å². The van der Waals surface area contributed by atoms with E-state index in [0.717, 1.165) is 25.1 Å². The van der Waals surface area contributed by atoms with Crippen molar-refractivity contribution in [1.29, 1.82) is 0 Å². The first-order chi connectivity index (χ1) is 8.19. The predicted octanol–water partition coefficient (Wildman–Crippen LogP) is 3.03. The lowest BCUT2D eigenvalue weighted by atomic mass is 10.2. The molecule has 0 aliphatic carbocycles. The Bertz CT molecular complexity index is 357. The molecule has 0 amide bonds. The minimum absolute atomic E-state index is 0.404. The Kier molecular flexibility index (Phi) is 6.41. The summed E-state index contributed by atoms with van der Waals surface area (Å²) >= 11 is 12.3. The second-order valence-corrected chi connectivity index (χ2v) is 4.58. The number of hydrogen-bond acceptors (Lipinski definition) is 1. The Balaban J connectivity index is 2.74. The van der Waals surface area contributed by atoms with Crippen molar-refractivity contribution < 1.29 is 10.1 Å². The smallest absolute Gasteiger partial charge is 0.156 e. The van der Waals surface area contributed by atoms with Gasteiger partial charge in [0.25, 0.3) is 0 Å². The third-order valence-electron chi connectivity index (χ3n) is 2.28. The van der Waals surface area contributed by atoms with E-state index < -0.39 is 0 Å². The van der Waals surface area contributed by atoms with Gasteiger partial charge in [-0.3, -0.25) is 0 Å². The van der Waals surface area contributed by atoms with E-state index in [1.165, 1.54) is 0 Å². The van der Waals surface area contributed by atoms with Crippen LogP contribution < -0.4 is 10.1 Å². The Morgan fingerprint density at radius 3 is 2.53 bits per heavy atom. The molecule has 0 atom stereocenters. The fourth-order valence-corrected chi connectivity index (χ4v) is 2.12. The van der Waals surface area contributed by atoms with Gasteiger partial charge in [0, 0.05) is 5.56 Å². The van der Waals surface area contributed by atoms with Crippen molar-refractivity contribution in [2.45, 2.75) is 19.9 Å². The molecule has 2 nitrogen and oxygen atoms in total. The van der Waals surface area contributed by atoms with Gasteiger partial charge in [-0.25, -0.2) is 0 Å². The van der Waals surface area contributed by atoms with E-state index in [2.05, 4.69) is 18.8 Å². The maximum Gasteiger partial charge on any atom is 0.156 e. The summed E-state index contributed by atoms with van der Waals surface area (Å²) in [6.07, 6.45) is 2.82. The molecule has 0 fully saturated rings. The van der Waals surface area contributed by atoms with Crippen molar-refractivity contribution in [3.63, 3.8) is 0 Å². The second kappa shape index (κ2) is 7.59. The maximum absolute atomic E-state index is 6.13. The second-order valence-electron chi connectivity index (χ2n) is 3.77. The Morgan fingerprint density at radius 1 is 1.35 bits per heavy atom. The number of nitrogens with two attached hydrogens (primary N) is 1. The summed E-state index contributed by atoms with van der Waals surface area (Å²) in [6, 6.07) is 3.80. The van der Waals surface area contributed by atoms with Crippen LogP contribution in [0.4, 0.5) is 0 Å². The molecule has 0 radical (unpaired) electrons. The number of benzene rings is 1. The summed E-state index contributed by atoms with van der Waals surface area (Å²) in [5.41, 5.74) is 1.11. The first kappa shape index (κ1) is 14.4. The highest BCUT2D eigenvalue weighted by atomic mass is 35.5. The van der Waals surface area contributed by atoms with Crippen molar-refractivity contribution in [3.8, 4) is 5.75 Å². The summed E-state index contributed by atoms with van der Waals surface area (Å²) in [5, 5.41) is 3.34. The third-order valence-corrected chi connectivity index (χ3v) is 2.84. The van der Waals surface area contributed by atoms with E-state index >= 15 is 0 Å². The molecule has 0 saturated carbocycles. The molecule has 0 aliphatic rings. The van der Waals surface area contributed by atoms with Gasteiger partial charge in [0.1, 0.15) is 13.2 Å². The standard InChI is InChI=1S/C13H17Cl2NO/c1-3-5-16-9-10-7-11(14)13(12(15)8-10)17-6-4-2/h4,7-8,16H,2-3,5-6,9H2,1H3/p+1. The van der Waals surface area contributed by atoms with Gasteiger partial charge in [-0.1, -0.05) is 42.8 Å². The number of ether oxygens (including phenoxy) is 1. The summed E-state index contributed by atoms with van der Waals surface area (Å²) in [4.78, 5) is 0. The number of hydrogen-bond donors (Lipinski definition) is 1. The zero-order valence-corrected chi connectivity index (χ0v) is 11.5. The zero-order valence-electron chi connectivity index (χ0n) is 10.0. The largest absolute Gasteiger partial charge is 0.486 e. The lowest BCUT2D eigenvalue weighted by molar-refractivity contribution is -0.670. The van der Waals surface area contributed by atoms with E-state index in [4.69, 9.17) is 27.9 Å². The molecule has 1 aromatic carbocycles. The summed E-state index contributed by atoms with van der Waals surface area (Å²) < 4.78 is 5.41. The van der Waals surface area contributed by atoms with Gasteiger partial charge in [-0.2, -0.15) is 0 Å². The molecule has 4 heteroatoms. The van der Waals surface area contributed by atoms with Crippen LogP contribution in [0.3, 0.4) is 0 Å². The van der Waals surface area contributed by atoms with Crippen LogP contribution in [-0.4, -0.2) is 13.2 Å². The number of halogens is 2. The number of rotatable bonds is 7. The molecule has 2 N–H and O–H groups in total. The van der Waals surface area contributed by atoms with E-state index in [9.17, 15) is 0 Å². The van der Waals surface area contributed by atoms with Crippen LogP contribution in [0.2, 0.25) is 10.0 Å². The molecule has 0 heterocycles. The number of quaternary nitrogens is 1. The van der Waals surface area contributed by atoms with Crippen LogP contribution in [0.25, 0.3) is 0 Å². The Hall–Kier alpha value is -0.700. The van der Waals surface area contributed by atoms with E-state index in [1.807, 2.05) is 12.1 Å². The van der Waals surface area contributed by atoms with Gasteiger partial charge in [0.15, 0.2) is 5.75 Å². The van der Waals surface area contributed by atoms with Gasteiger partial charge < -0.3 is 10.1 Å². The fourth-order valence-electron chi connectivity index (χ4n) is 1.48. The van der Waals surface area contributed by atoms with Crippen molar-refractivity contribution in [3.05, 3.63) is 40.4 Å². The molecule has 0 unspecified atom stereocenters. The molecular weight excluding hydrogens is 257 g/mol. The Morgan fingerprint density at radius 2 is 2.00 bits per heavy atom. The summed E-state index contributed by atoms with van der Waals surface area (Å²) in [6.45, 7) is 8.13. The van der Waals surface area contributed by atoms with Crippen LogP contribution in [-0.2, 0) is 6.54 Å². The third kappa shape index (κ3) is 4.58. The van der Waals surface area contributed by atoms with Gasteiger partial charge >= 0.3 is 0 Å². The van der Waals surface area contributed by atoms with Crippen LogP contribution in [0.1, 0.15) is 18.9 Å². The molecule has 17 heavy (non-hydrogen) atoms. The van der Waals surface area contributed by atoms with Crippen LogP contribution in [0.15, 0.2) is 24.8 Å². The highest BCUT2D eigenvalue weighted by Crippen LogP contribution is 2.33. The normalized spacial score (nSPS) is 10.3. The highest BCUT2D eigenvalue weighted by Gasteiger charge is 2.09. The molecule has 0 aliphatic heterocycles. The predicted molar refractivity (Wildman–Crippen MR) is 72.9 cm³/mol. The Labute approximate surface area is 113 Å². The summed E-state index contributed by atoms with van der Waals surface area (Å²) in [7, 11) is 0. The molecule has 0 bridgehead atoms. The van der Waals surface area contributed by atoms with Crippen LogP contribution >= 0.6 is 23.2 Å². The molecule has 94 valence electrons. The van der Waals surface area contributed by atoms with Crippen LogP contribution in [0.5, 0.6) is 5.75 Å². The maximum atomic E-state index is 6.13. The molecule has 1 aromatic rings. The molecular formula is C13H18Cl2NO+. The minimum Gasteiger partial charge on any atom is -0.486 e. The molecule has 1 rings (SSSR count). The lowest BCUT2D eigenvalue weighted by Gasteiger charge is -2.10. The van der Waals surface area contributed by atoms with Crippen molar-refractivity contribution in [2.75, 3.05) is 13.2 Å². The highest BCUT2D eigenvalue weighted by molar-refractivity contribution is 6.37. The van der Waals surface area contributed by atoms with Gasteiger partial charge in [0.05, 0.1) is 16.6 Å². The quantitative estimate of drug-likeness (QED) is 0.600. The van der Waals surface area contributed by atoms with Gasteiger partial charge in [-0.15, -0.1) is 0 Å². The van der Waals surface area contributed by atoms with Crippen molar-refractivity contribution in [1.82, 2.24) is 0 Å². The lowest BCUT2D eigenvalue weighted by Crippen LogP contribution is -2.82. The average molecular weight is 275 g/mol. The van der Waals surface area contributed by atoms with Crippen molar-refractivity contribution >= 4 is 23.2 Å².